The molecular weight excluding hydrogens is 387 g/mol. The van der Waals surface area contributed by atoms with E-state index >= 15 is 0 Å². The fourth-order valence-corrected chi connectivity index (χ4v) is 6.38. The van der Waals surface area contributed by atoms with E-state index in [0.29, 0.717) is 11.4 Å². The maximum atomic E-state index is 13.5. The first-order chi connectivity index (χ1) is 13.6. The Balaban J connectivity index is 1.81. The van der Waals surface area contributed by atoms with Gasteiger partial charge in [-0.05, 0) is 66.5 Å². The average Bonchev–Trinajstić information content (AvgIpc) is 2.90. The highest BCUT2D eigenvalue weighted by Gasteiger charge is 2.50. The highest BCUT2D eigenvalue weighted by atomic mass is 32.2. The molecule has 1 saturated carbocycles. The molecule has 4 nitrogen and oxygen atoms in total. The third kappa shape index (κ3) is 4.08. The Hall–Kier alpha value is -2.21. The van der Waals surface area contributed by atoms with Crippen LogP contribution in [0.1, 0.15) is 45.6 Å². The molecule has 1 aliphatic heterocycles. The van der Waals surface area contributed by atoms with Gasteiger partial charge < -0.3 is 4.90 Å². The zero-order valence-electron chi connectivity index (χ0n) is 17.1. The van der Waals surface area contributed by atoms with Crippen molar-refractivity contribution in [1.29, 1.82) is 0 Å². The van der Waals surface area contributed by atoms with E-state index in [-0.39, 0.29) is 27.6 Å². The second kappa shape index (κ2) is 6.94. The van der Waals surface area contributed by atoms with Gasteiger partial charge in [0.25, 0.3) is 10.0 Å². The Kier molecular flexibility index (Phi) is 4.80. The number of fused-ring (bicyclic) bond motifs is 2. The Morgan fingerprint density at radius 1 is 1.03 bits per heavy atom. The second-order valence-corrected chi connectivity index (χ2v) is 11.2. The molecule has 2 fully saturated rings. The third-order valence-corrected chi connectivity index (χ3v) is 7.32. The molecule has 1 heterocycles. The molecule has 2 aromatic carbocycles. The summed E-state index contributed by atoms with van der Waals surface area (Å²) in [5.41, 5.74) is 0.933. The molecular formula is C23H27FN2O2S. The summed E-state index contributed by atoms with van der Waals surface area (Å²) in [5.74, 6) is 0.0626. The number of sulfonamides is 1. The minimum Gasteiger partial charge on any atom is -0.352 e. The molecule has 154 valence electrons. The number of nitrogens with zero attached hydrogens (tertiary/aromatic N) is 2. The van der Waals surface area contributed by atoms with E-state index < -0.39 is 10.0 Å². The van der Waals surface area contributed by atoms with Crippen LogP contribution in [0.2, 0.25) is 0 Å². The fourth-order valence-electron chi connectivity index (χ4n) is 5.34. The largest absolute Gasteiger partial charge is 0.352 e. The van der Waals surface area contributed by atoms with Crippen LogP contribution in [0.3, 0.4) is 0 Å². The molecule has 1 aliphatic carbocycles. The fraction of sp³-hybridized carbons (Fsp3) is 0.435. The monoisotopic (exact) mass is 414 g/mol. The summed E-state index contributed by atoms with van der Waals surface area (Å²) in [6, 6.07) is 14.4. The highest BCUT2D eigenvalue weighted by Crippen LogP contribution is 2.52. The lowest BCUT2D eigenvalue weighted by Crippen LogP contribution is -2.38. The second-order valence-electron chi connectivity index (χ2n) is 9.55. The Bertz CT molecular complexity index is 1030. The molecule has 2 atom stereocenters. The van der Waals surface area contributed by atoms with Crippen molar-refractivity contribution >= 4 is 15.9 Å². The Morgan fingerprint density at radius 3 is 2.34 bits per heavy atom. The number of benzene rings is 2. The number of hydrogen-bond acceptors (Lipinski definition) is 2. The predicted molar refractivity (Wildman–Crippen MR) is 113 cm³/mol. The average molecular weight is 415 g/mol. The third-order valence-electron chi connectivity index (χ3n) is 6.04. The van der Waals surface area contributed by atoms with Gasteiger partial charge in [0.05, 0.1) is 4.90 Å². The van der Waals surface area contributed by atoms with Gasteiger partial charge in [-0.15, -0.1) is 4.40 Å². The molecule has 2 aliphatic rings. The molecule has 2 bridgehead atoms. The van der Waals surface area contributed by atoms with E-state index in [1.165, 1.54) is 12.1 Å². The normalized spacial score (nSPS) is 26.6. The number of likely N-dealkylation sites (tertiary alicyclic amines) is 1. The van der Waals surface area contributed by atoms with Crippen molar-refractivity contribution in [3.8, 4) is 0 Å². The van der Waals surface area contributed by atoms with E-state index in [2.05, 4.69) is 30.1 Å². The van der Waals surface area contributed by atoms with E-state index in [0.717, 1.165) is 25.8 Å². The van der Waals surface area contributed by atoms with Crippen LogP contribution in [0, 0.1) is 16.6 Å². The Morgan fingerprint density at radius 2 is 1.69 bits per heavy atom. The lowest BCUT2D eigenvalue weighted by atomic mass is 9.65. The molecule has 6 heteroatoms. The summed E-state index contributed by atoms with van der Waals surface area (Å²) in [5, 5.41) is 0. The van der Waals surface area contributed by atoms with Crippen molar-refractivity contribution in [3.05, 3.63) is 66.0 Å². The summed E-state index contributed by atoms with van der Waals surface area (Å²) in [6.45, 7) is 7.57. The molecule has 0 N–H and O–H groups in total. The van der Waals surface area contributed by atoms with Gasteiger partial charge >= 0.3 is 0 Å². The van der Waals surface area contributed by atoms with Crippen LogP contribution in [0.25, 0.3) is 0 Å². The van der Waals surface area contributed by atoms with Crippen molar-refractivity contribution in [2.45, 2.75) is 51.0 Å². The number of hydrogen-bond donors (Lipinski definition) is 0. The summed E-state index contributed by atoms with van der Waals surface area (Å²) >= 11 is 0. The maximum absolute atomic E-state index is 13.5. The maximum Gasteiger partial charge on any atom is 0.284 e. The van der Waals surface area contributed by atoms with Gasteiger partial charge in [-0.25, -0.2) is 4.39 Å². The van der Waals surface area contributed by atoms with E-state index in [1.807, 2.05) is 0 Å². The van der Waals surface area contributed by atoms with Crippen molar-refractivity contribution < 1.29 is 12.8 Å². The lowest BCUT2D eigenvalue weighted by molar-refractivity contribution is 0.132. The smallest absolute Gasteiger partial charge is 0.284 e. The van der Waals surface area contributed by atoms with E-state index in [1.54, 1.807) is 42.5 Å². The van der Waals surface area contributed by atoms with Crippen LogP contribution < -0.4 is 0 Å². The first-order valence-electron chi connectivity index (χ1n) is 10.00. The van der Waals surface area contributed by atoms with Gasteiger partial charge in [-0.2, -0.15) is 8.42 Å². The van der Waals surface area contributed by atoms with Crippen LogP contribution in [-0.4, -0.2) is 31.7 Å². The standard InChI is InChI=1S/C23H27FN2O2S/c1-22(2)13-19-14-23(3,15-22)16-26(19)21(17-9-11-18(24)12-10-17)25-29(27,28)20-7-5-4-6-8-20/h4-12,19H,13-16H2,1-3H3/t19-,23-/m1/s1. The van der Waals surface area contributed by atoms with Crippen molar-refractivity contribution in [2.24, 2.45) is 15.2 Å². The van der Waals surface area contributed by atoms with Gasteiger partial charge in [0.1, 0.15) is 11.7 Å². The van der Waals surface area contributed by atoms with Crippen LogP contribution in [-0.2, 0) is 10.0 Å². The zero-order valence-corrected chi connectivity index (χ0v) is 17.9. The van der Waals surface area contributed by atoms with Gasteiger partial charge in [0.2, 0.25) is 0 Å². The lowest BCUT2D eigenvalue weighted by Gasteiger charge is -2.39. The highest BCUT2D eigenvalue weighted by molar-refractivity contribution is 7.90. The van der Waals surface area contributed by atoms with Crippen molar-refractivity contribution in [3.63, 3.8) is 0 Å². The van der Waals surface area contributed by atoms with Crippen LogP contribution in [0.5, 0.6) is 0 Å². The summed E-state index contributed by atoms with van der Waals surface area (Å²) in [6.07, 6.45) is 3.09. The molecule has 4 rings (SSSR count). The van der Waals surface area contributed by atoms with Gasteiger partial charge in [0.15, 0.2) is 0 Å². The molecule has 2 aromatic rings. The molecule has 1 saturated heterocycles. The van der Waals surface area contributed by atoms with Gasteiger partial charge in [-0.3, -0.25) is 0 Å². The summed E-state index contributed by atoms with van der Waals surface area (Å²) in [7, 11) is -3.88. The summed E-state index contributed by atoms with van der Waals surface area (Å²) < 4.78 is 43.9. The molecule has 29 heavy (non-hydrogen) atoms. The van der Waals surface area contributed by atoms with Crippen LogP contribution >= 0.6 is 0 Å². The molecule has 0 radical (unpaired) electrons. The predicted octanol–water partition coefficient (Wildman–Crippen LogP) is 4.86. The molecule has 0 aromatic heterocycles. The van der Waals surface area contributed by atoms with E-state index in [9.17, 15) is 12.8 Å². The first kappa shape index (κ1) is 20.1. The van der Waals surface area contributed by atoms with E-state index in [4.69, 9.17) is 0 Å². The zero-order chi connectivity index (χ0) is 20.9. The molecule has 0 unspecified atom stereocenters. The first-order valence-corrected chi connectivity index (χ1v) is 11.4. The quantitative estimate of drug-likeness (QED) is 0.532. The SMILES string of the molecule is CC1(C)C[C@@H]2C[C@@](C)(CN2C(=NS(=O)(=O)c2ccccc2)c2ccc(F)cc2)C1. The molecule has 0 spiro atoms. The number of amidine groups is 1. The van der Waals surface area contributed by atoms with Gasteiger partial charge in [0, 0.05) is 18.2 Å². The minimum absolute atomic E-state index is 0.115. The summed E-state index contributed by atoms with van der Waals surface area (Å²) in [4.78, 5) is 2.30. The number of rotatable bonds is 3. The topological polar surface area (TPSA) is 49.7 Å². The molecule has 0 amide bonds. The van der Waals surface area contributed by atoms with Crippen molar-refractivity contribution in [1.82, 2.24) is 4.90 Å². The van der Waals surface area contributed by atoms with Crippen molar-refractivity contribution in [2.75, 3.05) is 6.54 Å². The minimum atomic E-state index is -3.88. The van der Waals surface area contributed by atoms with Crippen LogP contribution in [0.15, 0.2) is 63.9 Å². The van der Waals surface area contributed by atoms with Crippen LogP contribution in [0.4, 0.5) is 4.39 Å². The Labute approximate surface area is 172 Å². The van der Waals surface area contributed by atoms with Gasteiger partial charge in [-0.1, -0.05) is 39.0 Å². The number of halogens is 1.